The third-order valence-electron chi connectivity index (χ3n) is 4.82. The van der Waals surface area contributed by atoms with Crippen LogP contribution in [0, 0.1) is 5.21 Å². The molecule has 1 aromatic heterocycles. The first-order valence-electron chi connectivity index (χ1n) is 10.0. The summed E-state index contributed by atoms with van der Waals surface area (Å²) in [7, 11) is 0. The molecule has 3 aromatic rings. The molecule has 0 radical (unpaired) electrons. The van der Waals surface area contributed by atoms with Gasteiger partial charge in [-0.25, -0.2) is 4.73 Å². The Morgan fingerprint density at radius 3 is 2.47 bits per heavy atom. The van der Waals surface area contributed by atoms with E-state index in [0.717, 1.165) is 28.0 Å². The Labute approximate surface area is 176 Å². The van der Waals surface area contributed by atoms with Crippen LogP contribution in [0.2, 0.25) is 0 Å². The molecule has 0 saturated heterocycles. The highest BCUT2D eigenvalue weighted by molar-refractivity contribution is 5.68. The fraction of sp³-hybridized carbons (Fsp3) is 0.250. The normalized spacial score (nSPS) is 11.6. The number of pyridine rings is 1. The molecule has 30 heavy (non-hydrogen) atoms. The molecular weight excluding hydrogens is 380 g/mol. The van der Waals surface area contributed by atoms with Crippen LogP contribution in [0.15, 0.2) is 79.0 Å². The van der Waals surface area contributed by atoms with Crippen molar-refractivity contribution in [2.45, 2.75) is 25.2 Å². The van der Waals surface area contributed by atoms with Crippen molar-refractivity contribution in [2.75, 3.05) is 18.5 Å². The number of hydrogen-bond acceptors (Lipinski definition) is 4. The van der Waals surface area contributed by atoms with E-state index in [4.69, 9.17) is 4.74 Å². The summed E-state index contributed by atoms with van der Waals surface area (Å²) in [6, 6.07) is 22.8. The molecule has 0 unspecified atom stereocenters. The van der Waals surface area contributed by atoms with Crippen molar-refractivity contribution in [3.8, 4) is 5.75 Å². The van der Waals surface area contributed by atoms with E-state index < -0.39 is 5.97 Å². The zero-order valence-electron chi connectivity index (χ0n) is 16.7. The highest BCUT2D eigenvalue weighted by Crippen LogP contribution is 2.25. The summed E-state index contributed by atoms with van der Waals surface area (Å²) >= 11 is 0. The largest absolute Gasteiger partial charge is 0.711 e. The predicted molar refractivity (Wildman–Crippen MR) is 116 cm³/mol. The minimum absolute atomic E-state index is 0.0664. The number of nitrogens with one attached hydrogen (secondary N) is 1. The first-order valence-corrected chi connectivity index (χ1v) is 10.0. The highest BCUT2D eigenvalue weighted by atomic mass is 16.5. The van der Waals surface area contributed by atoms with E-state index in [-0.39, 0.29) is 12.3 Å². The lowest BCUT2D eigenvalue weighted by molar-refractivity contribution is -0.590. The van der Waals surface area contributed by atoms with Gasteiger partial charge in [0.15, 0.2) is 0 Å². The Morgan fingerprint density at radius 2 is 1.77 bits per heavy atom. The summed E-state index contributed by atoms with van der Waals surface area (Å²) in [6.07, 6.45) is 2.97. The summed E-state index contributed by atoms with van der Waals surface area (Å²) in [6.45, 7) is 1.17. The van der Waals surface area contributed by atoms with E-state index >= 15 is 0 Å². The molecule has 0 fully saturated rings. The van der Waals surface area contributed by atoms with Crippen LogP contribution in [-0.2, 0) is 11.2 Å². The molecular formula is C24H26N2O4. The van der Waals surface area contributed by atoms with Gasteiger partial charge in [0.05, 0.1) is 25.8 Å². The first kappa shape index (κ1) is 21.2. The molecule has 2 aromatic carbocycles. The van der Waals surface area contributed by atoms with Crippen molar-refractivity contribution in [2.24, 2.45) is 0 Å². The van der Waals surface area contributed by atoms with Gasteiger partial charge in [-0.3, -0.25) is 10.1 Å². The van der Waals surface area contributed by atoms with Crippen LogP contribution in [0.3, 0.4) is 0 Å². The number of carboxylic acids is 1. The Hall–Kier alpha value is -3.54. The lowest BCUT2D eigenvalue weighted by Gasteiger charge is -2.16. The van der Waals surface area contributed by atoms with Gasteiger partial charge < -0.3 is 15.1 Å². The molecule has 6 nitrogen and oxygen atoms in total. The van der Waals surface area contributed by atoms with Crippen molar-refractivity contribution < 1.29 is 19.4 Å². The van der Waals surface area contributed by atoms with Gasteiger partial charge in [0.2, 0.25) is 0 Å². The first-order chi connectivity index (χ1) is 14.6. The number of hydrogen-bond donors (Lipinski definition) is 2. The van der Waals surface area contributed by atoms with Gasteiger partial charge in [0.25, 0.3) is 5.82 Å². The molecule has 0 amide bonds. The molecule has 0 aliphatic heterocycles. The average molecular weight is 406 g/mol. The van der Waals surface area contributed by atoms with Gasteiger partial charge in [0, 0.05) is 12.5 Å². The zero-order valence-corrected chi connectivity index (χ0v) is 16.7. The van der Waals surface area contributed by atoms with Crippen LogP contribution >= 0.6 is 0 Å². The molecule has 2 N–H and O–H groups in total. The number of carbonyl (C=O) groups is 1. The topological polar surface area (TPSA) is 85.5 Å². The average Bonchev–Trinajstić information content (AvgIpc) is 2.76. The van der Waals surface area contributed by atoms with E-state index in [2.05, 4.69) is 5.32 Å². The molecule has 0 bridgehead atoms. The highest BCUT2D eigenvalue weighted by Gasteiger charge is 2.16. The number of anilines is 1. The van der Waals surface area contributed by atoms with Crippen molar-refractivity contribution in [3.05, 3.63) is 95.3 Å². The lowest BCUT2D eigenvalue weighted by Crippen LogP contribution is -2.30. The molecule has 1 atom stereocenters. The fourth-order valence-corrected chi connectivity index (χ4v) is 3.29. The Kier molecular flexibility index (Phi) is 7.66. The second-order valence-electron chi connectivity index (χ2n) is 7.09. The lowest BCUT2D eigenvalue weighted by atomic mass is 9.89. The molecule has 3 rings (SSSR count). The summed E-state index contributed by atoms with van der Waals surface area (Å²) in [5.41, 5.74) is 2.11. The third kappa shape index (κ3) is 6.51. The van der Waals surface area contributed by atoms with Crippen molar-refractivity contribution in [1.29, 1.82) is 0 Å². The van der Waals surface area contributed by atoms with Gasteiger partial charge in [0.1, 0.15) is 5.75 Å². The third-order valence-corrected chi connectivity index (χ3v) is 4.82. The second kappa shape index (κ2) is 10.9. The second-order valence-corrected chi connectivity index (χ2v) is 7.09. The number of rotatable bonds is 11. The van der Waals surface area contributed by atoms with E-state index in [1.54, 1.807) is 12.1 Å². The fourth-order valence-electron chi connectivity index (χ4n) is 3.29. The van der Waals surface area contributed by atoms with Crippen molar-refractivity contribution in [1.82, 2.24) is 0 Å². The van der Waals surface area contributed by atoms with Crippen LogP contribution in [0.1, 0.15) is 29.9 Å². The molecule has 0 spiro atoms. The summed E-state index contributed by atoms with van der Waals surface area (Å²) in [5.74, 6) is 0.432. The SMILES string of the molecule is O=C(O)C[C@@H](Cc1ccc(OCCCNc2cccc[n+]2[O-])cc1)c1ccccc1. The van der Waals surface area contributed by atoms with Gasteiger partial charge in [-0.15, -0.1) is 0 Å². The Bertz CT molecular complexity index is 929. The number of ether oxygens (including phenoxy) is 1. The maximum atomic E-state index is 11.6. The maximum Gasteiger partial charge on any atom is 0.303 e. The molecule has 6 heteroatoms. The maximum absolute atomic E-state index is 11.6. The zero-order chi connectivity index (χ0) is 21.2. The monoisotopic (exact) mass is 406 g/mol. The molecule has 156 valence electrons. The molecule has 1 heterocycles. The van der Waals surface area contributed by atoms with E-state index in [0.29, 0.717) is 25.4 Å². The molecule has 0 saturated carbocycles. The number of benzene rings is 2. The minimum atomic E-state index is -0.796. The number of nitrogens with zero attached hydrogens (tertiary/aromatic N) is 1. The van der Waals surface area contributed by atoms with Gasteiger partial charge in [-0.1, -0.05) is 48.5 Å². The molecule has 0 aliphatic carbocycles. The smallest absolute Gasteiger partial charge is 0.303 e. The van der Waals surface area contributed by atoms with Gasteiger partial charge in [-0.05, 0) is 41.7 Å². The number of aliphatic carboxylic acids is 1. The van der Waals surface area contributed by atoms with Crippen molar-refractivity contribution in [3.63, 3.8) is 0 Å². The van der Waals surface area contributed by atoms with Crippen LogP contribution in [0.5, 0.6) is 5.75 Å². The van der Waals surface area contributed by atoms with Crippen LogP contribution in [0.4, 0.5) is 5.82 Å². The van der Waals surface area contributed by atoms with E-state index in [1.165, 1.54) is 6.20 Å². The summed E-state index contributed by atoms with van der Waals surface area (Å²) in [4.78, 5) is 11.3. The Morgan fingerprint density at radius 1 is 1.03 bits per heavy atom. The summed E-state index contributed by atoms with van der Waals surface area (Å²) in [5, 5.41) is 23.9. The minimum Gasteiger partial charge on any atom is -0.711 e. The van der Waals surface area contributed by atoms with Crippen LogP contribution in [-0.4, -0.2) is 24.2 Å². The Balaban J connectivity index is 1.47. The standard InChI is InChI=1S/C24H26N2O4/c27-24(28)18-21(20-7-2-1-3-8-20)17-19-10-12-22(13-11-19)30-16-6-14-25-23-9-4-5-15-26(23)29/h1-5,7-13,15,21,25H,6,14,16-18H2,(H,27,28)/t21-/m1/s1. The van der Waals surface area contributed by atoms with Crippen molar-refractivity contribution >= 4 is 11.8 Å². The number of carboxylic acid groups (broad SMARTS) is 1. The van der Waals surface area contributed by atoms with Crippen LogP contribution < -0.4 is 14.8 Å². The number of aromatic nitrogens is 1. The van der Waals surface area contributed by atoms with Gasteiger partial charge in [-0.2, -0.15) is 0 Å². The van der Waals surface area contributed by atoms with E-state index in [1.807, 2.05) is 60.7 Å². The molecule has 0 aliphatic rings. The van der Waals surface area contributed by atoms with Crippen LogP contribution in [0.25, 0.3) is 0 Å². The quantitative estimate of drug-likeness (QED) is 0.286. The summed E-state index contributed by atoms with van der Waals surface area (Å²) < 4.78 is 6.56. The van der Waals surface area contributed by atoms with E-state index in [9.17, 15) is 15.1 Å². The van der Waals surface area contributed by atoms with Gasteiger partial charge >= 0.3 is 5.97 Å². The predicted octanol–water partition coefficient (Wildman–Crippen LogP) is 4.00.